The molecule has 0 aliphatic carbocycles. The van der Waals surface area contributed by atoms with Gasteiger partial charge >= 0.3 is 0 Å². The summed E-state index contributed by atoms with van der Waals surface area (Å²) in [5, 5.41) is 4.86. The normalized spacial score (nSPS) is 11.2. The van der Waals surface area contributed by atoms with Crippen LogP contribution in [0.3, 0.4) is 0 Å². The highest BCUT2D eigenvalue weighted by Gasteiger charge is 2.14. The van der Waals surface area contributed by atoms with Gasteiger partial charge in [0.25, 0.3) is 5.56 Å². The van der Waals surface area contributed by atoms with Crippen LogP contribution >= 0.6 is 15.9 Å². The van der Waals surface area contributed by atoms with Gasteiger partial charge in [0.1, 0.15) is 18.2 Å². The van der Waals surface area contributed by atoms with Gasteiger partial charge in [0.15, 0.2) is 11.5 Å². The molecular weight excluding hydrogens is 513 g/mol. The summed E-state index contributed by atoms with van der Waals surface area (Å²) in [6, 6.07) is 15.4. The summed E-state index contributed by atoms with van der Waals surface area (Å²) in [4.78, 5) is 17.5. The largest absolute Gasteiger partial charge is 0.493 e. The van der Waals surface area contributed by atoms with Gasteiger partial charge in [-0.05, 0) is 55.3 Å². The van der Waals surface area contributed by atoms with E-state index >= 15 is 0 Å². The Labute approximate surface area is 210 Å². The molecule has 8 heteroatoms. The van der Waals surface area contributed by atoms with Gasteiger partial charge in [0, 0.05) is 15.6 Å². The topological polar surface area (TPSA) is 65.7 Å². The van der Waals surface area contributed by atoms with Gasteiger partial charge in [-0.15, -0.1) is 6.58 Å². The zero-order valence-corrected chi connectivity index (χ0v) is 20.9. The van der Waals surface area contributed by atoms with Crippen LogP contribution in [0.2, 0.25) is 0 Å². The van der Waals surface area contributed by atoms with Gasteiger partial charge in [-0.3, -0.25) is 4.79 Å². The molecule has 4 rings (SSSR count). The summed E-state index contributed by atoms with van der Waals surface area (Å²) in [6.45, 7) is 5.59. The fourth-order valence-corrected chi connectivity index (χ4v) is 4.03. The Morgan fingerprint density at radius 3 is 2.71 bits per heavy atom. The van der Waals surface area contributed by atoms with Crippen molar-refractivity contribution in [1.29, 1.82) is 0 Å². The predicted molar refractivity (Wildman–Crippen MR) is 139 cm³/mol. The quantitative estimate of drug-likeness (QED) is 0.211. The second-order valence-corrected chi connectivity index (χ2v) is 8.68. The van der Waals surface area contributed by atoms with E-state index in [-0.39, 0.29) is 18.0 Å². The van der Waals surface area contributed by atoms with Gasteiger partial charge < -0.3 is 9.47 Å². The minimum atomic E-state index is -0.336. The first-order valence-corrected chi connectivity index (χ1v) is 11.6. The van der Waals surface area contributed by atoms with Crippen LogP contribution in [-0.2, 0) is 13.0 Å². The molecule has 0 amide bonds. The van der Waals surface area contributed by atoms with E-state index in [1.807, 2.05) is 12.1 Å². The Kier molecular flexibility index (Phi) is 7.41. The molecule has 0 saturated heterocycles. The zero-order valence-electron chi connectivity index (χ0n) is 19.3. The van der Waals surface area contributed by atoms with E-state index in [1.54, 1.807) is 55.6 Å². The van der Waals surface area contributed by atoms with Crippen LogP contribution in [0.15, 0.2) is 81.6 Å². The second kappa shape index (κ2) is 10.7. The summed E-state index contributed by atoms with van der Waals surface area (Å²) in [5.41, 5.74) is 2.26. The molecule has 0 unspecified atom stereocenters. The lowest BCUT2D eigenvalue weighted by atomic mass is 10.1. The maximum Gasteiger partial charge on any atom is 0.282 e. The first-order chi connectivity index (χ1) is 16.9. The van der Waals surface area contributed by atoms with Crippen molar-refractivity contribution in [2.24, 2.45) is 5.10 Å². The molecule has 0 saturated carbocycles. The van der Waals surface area contributed by atoms with Crippen LogP contribution < -0.4 is 15.0 Å². The third-order valence-electron chi connectivity index (χ3n) is 5.36. The highest BCUT2D eigenvalue weighted by atomic mass is 79.9. The maximum absolute atomic E-state index is 14.1. The van der Waals surface area contributed by atoms with Gasteiger partial charge in [0.2, 0.25) is 0 Å². The first-order valence-electron chi connectivity index (χ1n) is 10.8. The smallest absolute Gasteiger partial charge is 0.282 e. The number of benzene rings is 3. The van der Waals surface area contributed by atoms with Crippen molar-refractivity contribution >= 4 is 33.0 Å². The molecular formula is C27H23BrFN3O3. The maximum atomic E-state index is 14.1. The number of aryl methyl sites for hydroxylation is 1. The summed E-state index contributed by atoms with van der Waals surface area (Å²) >= 11 is 3.39. The van der Waals surface area contributed by atoms with Gasteiger partial charge in [0.05, 0.1) is 24.2 Å². The van der Waals surface area contributed by atoms with Gasteiger partial charge in [-0.1, -0.05) is 40.2 Å². The summed E-state index contributed by atoms with van der Waals surface area (Å²) in [6.07, 6.45) is 3.80. The fraction of sp³-hybridized carbons (Fsp3) is 0.148. The first kappa shape index (κ1) is 24.3. The minimum absolute atomic E-state index is 0.0491. The van der Waals surface area contributed by atoms with Crippen LogP contribution in [0.5, 0.6) is 11.5 Å². The van der Waals surface area contributed by atoms with E-state index in [1.165, 1.54) is 17.9 Å². The third-order valence-corrected chi connectivity index (χ3v) is 5.85. The number of fused-ring (bicyclic) bond motifs is 1. The van der Waals surface area contributed by atoms with E-state index in [2.05, 4.69) is 32.6 Å². The SMILES string of the molecule is C=CCc1cc(C=Nn2c(C)nc3ccc(Br)cc3c2=O)cc(OC)c1OCc1ccccc1F. The van der Waals surface area contributed by atoms with E-state index in [0.717, 1.165) is 10.0 Å². The Balaban J connectivity index is 1.70. The molecule has 0 aliphatic heterocycles. The van der Waals surface area contributed by atoms with Crippen molar-refractivity contribution in [3.63, 3.8) is 0 Å². The predicted octanol–water partition coefficient (Wildman–Crippen LogP) is 5.80. The average molecular weight is 536 g/mol. The number of nitrogens with zero attached hydrogens (tertiary/aromatic N) is 3. The lowest BCUT2D eigenvalue weighted by Crippen LogP contribution is -2.20. The highest BCUT2D eigenvalue weighted by molar-refractivity contribution is 9.10. The molecule has 178 valence electrons. The summed E-state index contributed by atoms with van der Waals surface area (Å²) in [5.74, 6) is 1.09. The van der Waals surface area contributed by atoms with Crippen molar-refractivity contribution < 1.29 is 13.9 Å². The van der Waals surface area contributed by atoms with E-state index in [4.69, 9.17) is 9.47 Å². The molecule has 0 bridgehead atoms. The Hall–Kier alpha value is -3.78. The fourth-order valence-electron chi connectivity index (χ4n) is 3.67. The molecule has 0 spiro atoms. The number of allylic oxidation sites excluding steroid dienone is 1. The second-order valence-electron chi connectivity index (χ2n) is 7.77. The number of methoxy groups -OCH3 is 1. The number of aromatic nitrogens is 2. The van der Waals surface area contributed by atoms with Crippen molar-refractivity contribution in [1.82, 2.24) is 9.66 Å². The third kappa shape index (κ3) is 5.33. The average Bonchev–Trinajstić information content (AvgIpc) is 2.84. The number of ether oxygens (including phenoxy) is 2. The number of rotatable bonds is 8. The lowest BCUT2D eigenvalue weighted by Gasteiger charge is -2.16. The molecule has 0 aliphatic rings. The molecule has 0 atom stereocenters. The molecule has 4 aromatic rings. The summed E-state index contributed by atoms with van der Waals surface area (Å²) < 4.78 is 27.6. The molecule has 0 radical (unpaired) electrons. The Bertz CT molecular complexity index is 1500. The van der Waals surface area contributed by atoms with E-state index in [9.17, 15) is 9.18 Å². The van der Waals surface area contributed by atoms with E-state index < -0.39 is 0 Å². The highest BCUT2D eigenvalue weighted by Crippen LogP contribution is 2.34. The summed E-state index contributed by atoms with van der Waals surface area (Å²) in [7, 11) is 1.53. The minimum Gasteiger partial charge on any atom is -0.493 e. The van der Waals surface area contributed by atoms with Crippen LogP contribution in [0.4, 0.5) is 4.39 Å². The van der Waals surface area contributed by atoms with Crippen LogP contribution in [0.1, 0.15) is 22.5 Å². The molecule has 1 heterocycles. The molecule has 35 heavy (non-hydrogen) atoms. The van der Waals surface area contributed by atoms with Crippen molar-refractivity contribution in [2.45, 2.75) is 20.0 Å². The van der Waals surface area contributed by atoms with Gasteiger partial charge in [-0.25, -0.2) is 9.37 Å². The number of hydrogen-bond donors (Lipinski definition) is 0. The van der Waals surface area contributed by atoms with Gasteiger partial charge in [-0.2, -0.15) is 9.78 Å². The zero-order chi connectivity index (χ0) is 24.9. The van der Waals surface area contributed by atoms with Crippen molar-refractivity contribution in [2.75, 3.05) is 7.11 Å². The lowest BCUT2D eigenvalue weighted by molar-refractivity contribution is 0.277. The van der Waals surface area contributed by atoms with Crippen molar-refractivity contribution in [3.05, 3.63) is 110 Å². The van der Waals surface area contributed by atoms with Crippen LogP contribution in [0.25, 0.3) is 10.9 Å². The number of hydrogen-bond acceptors (Lipinski definition) is 5. The standard InChI is InChI=1S/C27H23BrFN3O3/c1-4-7-19-12-18(13-25(34-3)26(19)35-16-20-8-5-6-9-23(20)29)15-30-32-17(2)31-24-11-10-21(28)14-22(24)27(32)33/h4-6,8-15H,1,7,16H2,2-3H3. The molecule has 3 aromatic carbocycles. The Morgan fingerprint density at radius 1 is 1.17 bits per heavy atom. The van der Waals surface area contributed by atoms with Crippen LogP contribution in [-0.4, -0.2) is 23.0 Å². The van der Waals surface area contributed by atoms with Crippen molar-refractivity contribution in [3.8, 4) is 11.5 Å². The molecule has 1 aromatic heterocycles. The van der Waals surface area contributed by atoms with E-state index in [0.29, 0.717) is 45.8 Å². The molecule has 6 nitrogen and oxygen atoms in total. The van der Waals surface area contributed by atoms with Crippen LogP contribution in [0, 0.1) is 12.7 Å². The monoisotopic (exact) mass is 535 g/mol. The number of halogens is 2. The Morgan fingerprint density at radius 2 is 1.97 bits per heavy atom. The molecule has 0 fully saturated rings. The molecule has 0 N–H and O–H groups in total.